The van der Waals surface area contributed by atoms with Gasteiger partial charge in [0.15, 0.2) is 0 Å². The minimum Gasteiger partial charge on any atom is -0.497 e. The molecule has 0 aromatic heterocycles. The van der Waals surface area contributed by atoms with Crippen molar-refractivity contribution in [3.05, 3.63) is 29.6 Å². The normalized spacial score (nSPS) is 12.3. The van der Waals surface area contributed by atoms with Crippen molar-refractivity contribution >= 4 is 18.4 Å². The van der Waals surface area contributed by atoms with Gasteiger partial charge in [-0.25, -0.2) is 9.18 Å². The first-order valence-electron chi connectivity index (χ1n) is 5.48. The van der Waals surface area contributed by atoms with Gasteiger partial charge in [-0.15, -0.1) is 12.4 Å². The molecule has 0 spiro atoms. The van der Waals surface area contributed by atoms with Crippen molar-refractivity contribution in [2.75, 3.05) is 13.7 Å². The van der Waals surface area contributed by atoms with Crippen molar-refractivity contribution in [3.8, 4) is 5.75 Å². The number of nitrogens with two attached hydrogens (primary N) is 1. The van der Waals surface area contributed by atoms with Crippen LogP contribution in [0.25, 0.3) is 0 Å². The molecule has 2 N–H and O–H groups in total. The number of hydrogen-bond acceptors (Lipinski definition) is 4. The number of esters is 1. The molecule has 0 aliphatic carbocycles. The van der Waals surface area contributed by atoms with Crippen LogP contribution in [0.4, 0.5) is 13.2 Å². The van der Waals surface area contributed by atoms with Gasteiger partial charge in [-0.2, -0.15) is 8.78 Å². The minimum atomic E-state index is -4.02. The highest BCUT2D eigenvalue weighted by molar-refractivity contribution is 5.85. The van der Waals surface area contributed by atoms with Gasteiger partial charge in [0.2, 0.25) is 0 Å². The minimum absolute atomic E-state index is 0. The van der Waals surface area contributed by atoms with Gasteiger partial charge >= 0.3 is 11.9 Å². The van der Waals surface area contributed by atoms with E-state index in [1.54, 1.807) is 0 Å². The van der Waals surface area contributed by atoms with Gasteiger partial charge in [0.25, 0.3) is 0 Å². The van der Waals surface area contributed by atoms with Crippen molar-refractivity contribution in [2.24, 2.45) is 5.73 Å². The summed E-state index contributed by atoms with van der Waals surface area (Å²) in [6.07, 6.45) is 0. The first kappa shape index (κ1) is 18.5. The molecule has 0 heterocycles. The van der Waals surface area contributed by atoms with Crippen LogP contribution in [0.1, 0.15) is 18.5 Å². The predicted octanol–water partition coefficient (Wildman–Crippen LogP) is 2.45. The van der Waals surface area contributed by atoms with Crippen LogP contribution in [0.5, 0.6) is 5.75 Å². The highest BCUT2D eigenvalue weighted by atomic mass is 35.5. The van der Waals surface area contributed by atoms with Crippen molar-refractivity contribution in [1.29, 1.82) is 0 Å². The number of methoxy groups -OCH3 is 1. The average molecular weight is 314 g/mol. The maximum Gasteiger partial charge on any atom is 0.379 e. The third-order valence-electron chi connectivity index (χ3n) is 2.48. The number of ether oxygens (including phenoxy) is 2. The molecule has 0 aliphatic rings. The summed E-state index contributed by atoms with van der Waals surface area (Å²) < 4.78 is 49.9. The molecule has 0 bridgehead atoms. The van der Waals surface area contributed by atoms with Gasteiger partial charge in [0.1, 0.15) is 17.6 Å². The summed E-state index contributed by atoms with van der Waals surface area (Å²) in [6.45, 7) is 1.16. The molecule has 1 aromatic rings. The second-order valence-electron chi connectivity index (χ2n) is 3.71. The lowest BCUT2D eigenvalue weighted by Crippen LogP contribution is -2.42. The van der Waals surface area contributed by atoms with Crippen LogP contribution in [0.3, 0.4) is 0 Å². The molecule has 0 unspecified atom stereocenters. The standard InChI is InChI=1S/C12H14F3NO3.ClH/c1-3-19-11(17)12(14,15)10(16)8-6-7(18-2)4-5-9(8)13;/h4-6,10H,3,16H2,1-2H3;1H/t10-;/m0./s1. The predicted molar refractivity (Wildman–Crippen MR) is 68.7 cm³/mol. The van der Waals surface area contributed by atoms with Crippen molar-refractivity contribution in [3.63, 3.8) is 0 Å². The Morgan fingerprint density at radius 1 is 1.45 bits per heavy atom. The molecule has 0 radical (unpaired) electrons. The number of rotatable bonds is 5. The average Bonchev–Trinajstić information content (AvgIpc) is 2.38. The summed E-state index contributed by atoms with van der Waals surface area (Å²) in [4.78, 5) is 11.1. The van der Waals surface area contributed by atoms with E-state index in [0.717, 1.165) is 12.1 Å². The lowest BCUT2D eigenvalue weighted by Gasteiger charge is -2.22. The molecule has 0 saturated carbocycles. The largest absolute Gasteiger partial charge is 0.497 e. The first-order chi connectivity index (χ1) is 8.84. The van der Waals surface area contributed by atoms with Crippen molar-refractivity contribution in [2.45, 2.75) is 18.9 Å². The van der Waals surface area contributed by atoms with Crippen LogP contribution in [0.2, 0.25) is 0 Å². The Morgan fingerprint density at radius 2 is 2.05 bits per heavy atom. The maximum absolute atomic E-state index is 13.7. The Hall–Kier alpha value is -1.47. The van der Waals surface area contributed by atoms with Crippen LogP contribution in [-0.4, -0.2) is 25.6 Å². The Morgan fingerprint density at radius 3 is 2.55 bits per heavy atom. The van der Waals surface area contributed by atoms with Gasteiger partial charge in [0, 0.05) is 5.56 Å². The summed E-state index contributed by atoms with van der Waals surface area (Å²) in [5.74, 6) is -6.60. The van der Waals surface area contributed by atoms with Gasteiger partial charge in [-0.3, -0.25) is 0 Å². The molecule has 1 rings (SSSR count). The van der Waals surface area contributed by atoms with Crippen LogP contribution >= 0.6 is 12.4 Å². The van der Waals surface area contributed by atoms with Gasteiger partial charge in [-0.05, 0) is 25.1 Å². The van der Waals surface area contributed by atoms with E-state index in [9.17, 15) is 18.0 Å². The second kappa shape index (κ2) is 7.35. The third kappa shape index (κ3) is 3.77. The molecule has 8 heteroatoms. The molecule has 20 heavy (non-hydrogen) atoms. The summed E-state index contributed by atoms with van der Waals surface area (Å²) in [5, 5.41) is 0. The van der Waals surface area contributed by atoms with Crippen molar-refractivity contribution in [1.82, 2.24) is 0 Å². The molecule has 0 amide bonds. The third-order valence-corrected chi connectivity index (χ3v) is 2.48. The summed E-state index contributed by atoms with van der Waals surface area (Å²) in [7, 11) is 1.30. The highest BCUT2D eigenvalue weighted by Gasteiger charge is 2.48. The van der Waals surface area contributed by atoms with E-state index in [0.29, 0.717) is 0 Å². The van der Waals surface area contributed by atoms with Crippen LogP contribution in [0, 0.1) is 5.82 Å². The van der Waals surface area contributed by atoms with Crippen LogP contribution < -0.4 is 10.5 Å². The quantitative estimate of drug-likeness (QED) is 0.848. The molecular formula is C12H15ClF3NO3. The lowest BCUT2D eigenvalue weighted by atomic mass is 10.0. The fraction of sp³-hybridized carbons (Fsp3) is 0.417. The smallest absolute Gasteiger partial charge is 0.379 e. The van der Waals surface area contributed by atoms with E-state index in [1.807, 2.05) is 0 Å². The zero-order valence-corrected chi connectivity index (χ0v) is 11.7. The maximum atomic E-state index is 13.7. The number of alkyl halides is 2. The molecule has 0 aliphatic heterocycles. The van der Waals surface area contributed by atoms with E-state index >= 15 is 0 Å². The number of benzene rings is 1. The summed E-state index contributed by atoms with van der Waals surface area (Å²) >= 11 is 0. The molecule has 0 saturated heterocycles. The molecule has 0 fully saturated rings. The Bertz CT molecular complexity index is 471. The zero-order valence-electron chi connectivity index (χ0n) is 10.9. The Labute approximate surface area is 120 Å². The number of hydrogen-bond donors (Lipinski definition) is 1. The zero-order chi connectivity index (χ0) is 14.6. The Kier molecular flexibility index (Phi) is 6.81. The van der Waals surface area contributed by atoms with Gasteiger partial charge < -0.3 is 15.2 Å². The number of carbonyl (C=O) groups excluding carboxylic acids is 1. The molecule has 1 atom stereocenters. The molecular weight excluding hydrogens is 299 g/mol. The lowest BCUT2D eigenvalue weighted by molar-refractivity contribution is -0.174. The number of halogens is 4. The van der Waals surface area contributed by atoms with E-state index in [-0.39, 0.29) is 24.8 Å². The van der Waals surface area contributed by atoms with Gasteiger partial charge in [-0.1, -0.05) is 0 Å². The van der Waals surface area contributed by atoms with E-state index < -0.39 is 29.3 Å². The fourth-order valence-electron chi connectivity index (χ4n) is 1.44. The van der Waals surface area contributed by atoms with Crippen LogP contribution in [0.15, 0.2) is 18.2 Å². The highest BCUT2D eigenvalue weighted by Crippen LogP contribution is 2.33. The first-order valence-corrected chi connectivity index (χ1v) is 5.48. The monoisotopic (exact) mass is 313 g/mol. The fourth-order valence-corrected chi connectivity index (χ4v) is 1.44. The van der Waals surface area contributed by atoms with Crippen molar-refractivity contribution < 1.29 is 27.4 Å². The molecule has 1 aromatic carbocycles. The SMILES string of the molecule is CCOC(=O)C(F)(F)[C@@H](N)c1cc(OC)ccc1F.Cl. The van der Waals surface area contributed by atoms with Gasteiger partial charge in [0.05, 0.1) is 13.7 Å². The second-order valence-corrected chi connectivity index (χ2v) is 3.71. The number of carbonyl (C=O) groups is 1. The van der Waals surface area contributed by atoms with E-state index in [4.69, 9.17) is 10.5 Å². The topological polar surface area (TPSA) is 61.5 Å². The summed E-state index contributed by atoms with van der Waals surface area (Å²) in [6, 6.07) is 1.07. The van der Waals surface area contributed by atoms with E-state index in [2.05, 4.69) is 4.74 Å². The molecule has 4 nitrogen and oxygen atoms in total. The van der Waals surface area contributed by atoms with E-state index in [1.165, 1.54) is 20.1 Å². The Balaban J connectivity index is 0.00000361. The summed E-state index contributed by atoms with van der Waals surface area (Å²) in [5.41, 5.74) is 4.77. The van der Waals surface area contributed by atoms with Crippen LogP contribution in [-0.2, 0) is 9.53 Å². The molecule has 114 valence electrons.